The van der Waals surface area contributed by atoms with Gasteiger partial charge in [-0.05, 0) is 95.1 Å². The van der Waals surface area contributed by atoms with Crippen molar-refractivity contribution in [2.75, 3.05) is 56.8 Å². The Morgan fingerprint density at radius 1 is 0.750 bits per heavy atom. The molecule has 0 bridgehead atoms. The van der Waals surface area contributed by atoms with Gasteiger partial charge in [0.2, 0.25) is 17.7 Å². The Hall–Kier alpha value is -4.52. The van der Waals surface area contributed by atoms with Crippen LogP contribution in [0.3, 0.4) is 0 Å². The molecule has 5 fully saturated rings. The van der Waals surface area contributed by atoms with Crippen LogP contribution in [0.4, 0.5) is 4.79 Å². The number of carboxylic acid groups (broad SMARTS) is 2. The van der Waals surface area contributed by atoms with E-state index in [1.165, 1.54) is 88.0 Å². The Kier molecular flexibility index (Phi) is 40.3. The number of ether oxygens (including phenoxy) is 2. The van der Waals surface area contributed by atoms with E-state index in [4.69, 9.17) is 27.0 Å². The maximum Gasteiger partial charge on any atom is 1.00 e. The molecule has 22 nitrogen and oxygen atoms in total. The van der Waals surface area contributed by atoms with Gasteiger partial charge in [0, 0.05) is 50.4 Å². The molecule has 5 aliphatic rings. The van der Waals surface area contributed by atoms with Crippen LogP contribution in [0.2, 0.25) is 0 Å². The van der Waals surface area contributed by atoms with Crippen LogP contribution in [0.5, 0.6) is 0 Å². The summed E-state index contributed by atoms with van der Waals surface area (Å²) in [5.74, 6) is -2.87. The molecule has 3 aromatic rings. The van der Waals surface area contributed by atoms with E-state index in [1.54, 1.807) is 82.3 Å². The Bertz CT molecular complexity index is 2700. The van der Waals surface area contributed by atoms with Crippen molar-refractivity contribution >= 4 is 95.1 Å². The number of aliphatic carboxylic acids is 2. The molecule has 5 N–H and O–H groups in total. The van der Waals surface area contributed by atoms with Crippen LogP contribution in [-0.2, 0) is 94.2 Å². The van der Waals surface area contributed by atoms with Gasteiger partial charge in [0.15, 0.2) is 18.2 Å². The molecule has 5 aliphatic heterocycles. The van der Waals surface area contributed by atoms with E-state index in [2.05, 4.69) is 79.7 Å². The van der Waals surface area contributed by atoms with Gasteiger partial charge < -0.3 is 67.6 Å². The molecule has 29 heteroatoms. The van der Waals surface area contributed by atoms with Gasteiger partial charge in [-0.15, -0.1) is 56.7 Å². The van der Waals surface area contributed by atoms with Crippen LogP contribution in [-0.4, -0.2) is 180 Å². The van der Waals surface area contributed by atoms with Crippen LogP contribution in [0.1, 0.15) is 130 Å². The molecule has 88 heavy (non-hydrogen) atoms. The van der Waals surface area contributed by atoms with Crippen molar-refractivity contribution in [3.8, 4) is 12.3 Å². The number of β-lactam (4-membered cyclic amide) rings is 2. The summed E-state index contributed by atoms with van der Waals surface area (Å²) in [7, 11) is 0.892. The van der Waals surface area contributed by atoms with Gasteiger partial charge in [-0.3, -0.25) is 28.9 Å². The Morgan fingerprint density at radius 2 is 1.14 bits per heavy atom. The number of hydrogen-bond acceptors (Lipinski definition) is 14. The number of carbonyl (C=O) groups excluding carboxylic acids is 6. The van der Waals surface area contributed by atoms with Crippen molar-refractivity contribution in [3.05, 3.63) is 99.7 Å². The third-order valence-electron chi connectivity index (χ3n) is 14.7. The molecule has 0 aliphatic carbocycles. The minimum absolute atomic E-state index is 0. The molecule has 6 heterocycles. The zero-order chi connectivity index (χ0) is 63.4. The molecule has 5 saturated heterocycles. The number of Topliss-reactive ketones (excluding diaryl/α,β-unsaturated/α-hetero) is 2. The minimum atomic E-state index is -1.06. The van der Waals surface area contributed by atoms with E-state index in [-0.39, 0.29) is 119 Å². The molecule has 8 atom stereocenters. The molecule has 8 rings (SSSR count). The van der Waals surface area contributed by atoms with Crippen molar-refractivity contribution in [1.82, 2.24) is 35.8 Å². The largest absolute Gasteiger partial charge is 1.00 e. The van der Waals surface area contributed by atoms with Crippen molar-refractivity contribution in [3.63, 3.8) is 0 Å². The number of rotatable bonds is 22. The number of carbonyl (C=O) groups is 8. The van der Waals surface area contributed by atoms with Gasteiger partial charge >= 0.3 is 62.8 Å². The van der Waals surface area contributed by atoms with E-state index >= 15 is 0 Å². The molecule has 0 spiro atoms. The first-order valence-corrected chi connectivity index (χ1v) is 34.1. The van der Waals surface area contributed by atoms with Crippen LogP contribution in [0.15, 0.2) is 60.7 Å². The fourth-order valence-corrected chi connectivity index (χ4v) is 16.2. The third-order valence-corrected chi connectivity index (χ3v) is 23.3. The summed E-state index contributed by atoms with van der Waals surface area (Å²) in [5, 5.41) is 33.4. The van der Waals surface area contributed by atoms with Crippen LogP contribution in [0.25, 0.3) is 16.0 Å². The van der Waals surface area contributed by atoms with Gasteiger partial charge in [0.25, 0.3) is 0 Å². The van der Waals surface area contributed by atoms with Crippen molar-refractivity contribution in [2.24, 2.45) is 11.8 Å². The Balaban J connectivity index is 0.00000125. The number of aromatic nitrogens is 3. The van der Waals surface area contributed by atoms with Gasteiger partial charge in [0.05, 0.1) is 22.6 Å². The summed E-state index contributed by atoms with van der Waals surface area (Å²) in [6, 6.07) is 13.7. The zero-order valence-electron chi connectivity index (χ0n) is 51.6. The molecule has 0 saturated carbocycles. The fraction of sp³-hybridized carbons (Fsp3) is 0.593. The normalized spacial score (nSPS) is 20.5. The number of thioether (sulfide) groups is 2. The minimum Gasteiger partial charge on any atom is -0.480 e. The second-order valence-electron chi connectivity index (χ2n) is 21.0. The quantitative estimate of drug-likeness (QED) is 0.00914. The Morgan fingerprint density at radius 3 is 1.44 bits per heavy atom. The van der Waals surface area contributed by atoms with Crippen molar-refractivity contribution < 1.29 is 103 Å². The second-order valence-corrected chi connectivity index (χ2v) is 31.0. The average molecular weight is 1660 g/mol. The number of H-pyrrole nitrogens is 1. The summed E-state index contributed by atoms with van der Waals surface area (Å²) in [4.78, 5) is 104. The summed E-state index contributed by atoms with van der Waals surface area (Å²) in [6.45, 7) is 22.6. The van der Waals surface area contributed by atoms with Gasteiger partial charge in [-0.2, -0.15) is 0 Å². The number of benzene rings is 2. The molecule has 2 aromatic carbocycles. The Labute approximate surface area is 562 Å². The zero-order valence-corrected chi connectivity index (χ0v) is 59.3. The molecule has 3 radical (unpaired) electrons. The summed E-state index contributed by atoms with van der Waals surface area (Å²) in [6.07, 6.45) is 18.2. The van der Waals surface area contributed by atoms with Gasteiger partial charge in [-0.1, -0.05) is 108 Å². The summed E-state index contributed by atoms with van der Waals surface area (Å²) in [5.41, 5.74) is 15.3. The maximum absolute atomic E-state index is 13.3. The standard InChI is InChI=1S/C22H24N5O5S.C21H22N2O6S.2C6H15P.C4H8O.2Au.B.N3/c1-22(2)18(21(31)32)27-19(30)14(20(27)33-22)10-15(28)17(12-6-4-3-5-7-12)24-16(29)9-8-13-11-23-26-25-13;1-4-10-29-20(28)22-15(12-8-6-5-7-9-12)14(24)11-13-17(25)23-16(19(26)27)21(2,3)30-18(13)23;2*1-4-7(5-2)6-3;1-2-4-5-3-1;;;;1-3-2/h3-7,14,17-18,20H,8-10H2,1-2H3,(H,24,29)(H,31,32)(H,23,25,26);1,5-9,13,15-16,18H,10-11H2,2-3H3,(H,22,28)(H,26,27);2*4-6H2,1-3H3;1-4H2;;;;/q-1;;;;;2*+1;;-1/t14-,17-,18+,20-;13-,15-,16+,18-;;;;;;;/m11......./s1. The van der Waals surface area contributed by atoms with E-state index in [0.717, 1.165) is 13.2 Å². The number of carboxylic acids is 2. The number of terminal acetylenes is 1. The van der Waals surface area contributed by atoms with E-state index < -0.39 is 63.5 Å². The van der Waals surface area contributed by atoms with Crippen molar-refractivity contribution in [2.45, 2.75) is 152 Å². The van der Waals surface area contributed by atoms with Crippen LogP contribution < -0.4 is 10.6 Å². The van der Waals surface area contributed by atoms with Crippen molar-refractivity contribution in [1.29, 1.82) is 0 Å². The van der Waals surface area contributed by atoms with Gasteiger partial charge in [0.1, 0.15) is 24.2 Å². The van der Waals surface area contributed by atoms with Gasteiger partial charge in [-0.25, -0.2) is 14.4 Å². The predicted octanol–water partition coefficient (Wildman–Crippen LogP) is 9.26. The number of amides is 4. The third kappa shape index (κ3) is 24.6. The number of fused-ring (bicyclic) bond motifs is 2. The number of hydrogen-bond donors (Lipinski definition) is 5. The van der Waals surface area contributed by atoms with E-state index in [9.17, 15) is 48.6 Å². The van der Waals surface area contributed by atoms with E-state index in [0.29, 0.717) is 39.1 Å². The first-order chi connectivity index (χ1) is 40.5. The smallest absolute Gasteiger partial charge is 0.480 e. The number of ketones is 2. The number of alkyl carbamates (subject to hydrolysis) is 1. The monoisotopic (exact) mass is 1660 g/mol. The number of nitrogens with one attached hydrogen (secondary N) is 3. The number of aromatic amines is 1. The number of nitrogens with zero attached hydrogens (tertiary/aromatic N) is 7. The van der Waals surface area contributed by atoms with Crippen LogP contribution in [0, 0.1) is 30.4 Å². The molecule has 489 valence electrons. The summed E-state index contributed by atoms with van der Waals surface area (Å²) >= 11 is 2.78. The molecular weight excluding hydrogens is 1570 g/mol. The molecule has 4 amide bonds. The SMILES string of the molecule is C#CCOC(=O)N[C@@H](C(=O)C[C@@H]1C(=O)N2[C@@H]1SC(C)(C)[C@@H]2C(=O)O)c1ccccc1.C1CCOC1.CC1(C)S[C@@H]2[C@H](CC(=O)[C@H](NC(=O)CCc3[c-]nn[nH]3)c3ccccc3)C(=O)N2[C@H]1C(=O)O.CCP(CC)CC.CCP(CC)CC.[Au+].[Au+].[B].[N-]=[N+]=[N-]. The van der Waals surface area contributed by atoms with Crippen LogP contribution >= 0.6 is 39.4 Å². The first-order valence-electron chi connectivity index (χ1n) is 28.5. The predicted molar refractivity (Wildman–Crippen MR) is 340 cm³/mol. The average Bonchev–Trinajstić information content (AvgIpc) is 1.65. The molecule has 0 unspecified atom stereocenters. The molecule has 1 aromatic heterocycles. The first kappa shape index (κ1) is 83.5. The topological polar surface area (TPSA) is 326 Å². The fourth-order valence-electron chi connectivity index (χ4n) is 10.1. The number of aryl methyl sites for hydroxylation is 1. The maximum atomic E-state index is 13.3. The second kappa shape index (κ2) is 42.5. The summed E-state index contributed by atoms with van der Waals surface area (Å²) < 4.78 is 8.43. The van der Waals surface area contributed by atoms with E-state index in [1.807, 2.05) is 6.07 Å². The molecular formula is C59H84Au2BN10O12P2S2.